The van der Waals surface area contributed by atoms with Gasteiger partial charge in [0.1, 0.15) is 11.5 Å². The van der Waals surface area contributed by atoms with Crippen LogP contribution in [-0.2, 0) is 4.57 Å². The second-order valence-corrected chi connectivity index (χ2v) is 4.99. The predicted octanol–water partition coefficient (Wildman–Crippen LogP) is 4.49. The first-order chi connectivity index (χ1) is 12.3. The van der Waals surface area contributed by atoms with Crippen LogP contribution in [0.1, 0.15) is 13.7 Å². The quantitative estimate of drug-likeness (QED) is 0.773. The van der Waals surface area contributed by atoms with E-state index < -0.39 is 78.9 Å². The molecule has 2 rings (SSSR count). The summed E-state index contributed by atoms with van der Waals surface area (Å²) in [5.41, 5.74) is 0. The minimum atomic E-state index is -4.82. The molecule has 0 N–H and O–H groups in total. The Hall–Kier alpha value is -1.44. The van der Waals surface area contributed by atoms with E-state index in [9.17, 15) is 4.57 Å². The van der Waals surface area contributed by atoms with Gasteiger partial charge in [-0.15, -0.1) is 0 Å². The van der Waals surface area contributed by atoms with Gasteiger partial charge in [-0.3, -0.25) is 0 Å². The fraction of sp³-hybridized carbons (Fsp3) is 0. The predicted molar refractivity (Wildman–Crippen MR) is 67.6 cm³/mol. The zero-order valence-corrected chi connectivity index (χ0v) is 9.70. The molecule has 0 unspecified atom stereocenters. The molecule has 0 saturated carbocycles. The highest BCUT2D eigenvalue weighted by molar-refractivity contribution is 7.82. The van der Waals surface area contributed by atoms with Crippen LogP contribution in [0.2, 0.25) is 0 Å². The van der Waals surface area contributed by atoms with Crippen molar-refractivity contribution < 1.29 is 27.3 Å². The van der Waals surface area contributed by atoms with E-state index >= 15 is 0 Å². The molecule has 0 amide bonds. The van der Waals surface area contributed by atoms with Crippen LogP contribution >= 0.6 is 18.2 Å². The van der Waals surface area contributed by atoms with Gasteiger partial charge in [0.05, 0.1) is 13.7 Å². The minimum absolute atomic E-state index is 0.715. The molecule has 0 heterocycles. The van der Waals surface area contributed by atoms with Gasteiger partial charge in [-0.05, 0) is 24.2 Å². The van der Waals surface area contributed by atoms with Crippen LogP contribution in [-0.4, -0.2) is 0 Å². The molecule has 0 bridgehead atoms. The lowest BCUT2D eigenvalue weighted by Crippen LogP contribution is -1.94. The van der Waals surface area contributed by atoms with Crippen molar-refractivity contribution >= 4 is 18.2 Å². The highest BCUT2D eigenvalue weighted by atomic mass is 35.7. The van der Waals surface area contributed by atoms with E-state index in [-0.39, 0.29) is 0 Å². The summed E-state index contributed by atoms with van der Waals surface area (Å²) in [6, 6.07) is -7.88. The van der Waals surface area contributed by atoms with Crippen molar-refractivity contribution in [1.82, 2.24) is 0 Å². The third-order valence-electron chi connectivity index (χ3n) is 1.35. The van der Waals surface area contributed by atoms with E-state index in [2.05, 4.69) is 0 Å². The van der Waals surface area contributed by atoms with Crippen LogP contribution in [0, 0.1) is 0 Å². The van der Waals surface area contributed by atoms with Crippen molar-refractivity contribution in [1.29, 1.82) is 0 Å². The highest BCUT2D eigenvalue weighted by Crippen LogP contribution is 2.52. The maximum atomic E-state index is 12.4. The number of rotatable bonds is 4. The zero-order chi connectivity index (χ0) is 20.8. The topological polar surface area (TPSA) is 35.5 Å². The average Bonchev–Trinajstić information content (AvgIpc) is 2.62. The molecule has 0 atom stereocenters. The van der Waals surface area contributed by atoms with Crippen molar-refractivity contribution in [2.75, 3.05) is 0 Å². The van der Waals surface area contributed by atoms with Crippen LogP contribution < -0.4 is 9.05 Å². The van der Waals surface area contributed by atoms with Gasteiger partial charge in [-0.1, -0.05) is 36.3 Å². The summed E-state index contributed by atoms with van der Waals surface area (Å²) in [6.45, 7) is -4.82. The summed E-state index contributed by atoms with van der Waals surface area (Å²) in [7, 11) is 0. The van der Waals surface area contributed by atoms with Crippen LogP contribution in [0.4, 0.5) is 0 Å². The molecule has 0 fully saturated rings. The van der Waals surface area contributed by atoms with Crippen LogP contribution in [0.25, 0.3) is 0 Å². The Kier molecular flexibility index (Phi) is 1.45. The number of halogens is 1. The molecule has 0 aromatic heterocycles. The first-order valence-electron chi connectivity index (χ1n) is 9.13. The Bertz CT molecular complexity index is 865. The van der Waals surface area contributed by atoms with E-state index in [1.165, 1.54) is 0 Å². The summed E-state index contributed by atoms with van der Waals surface area (Å²) in [4.78, 5) is 0. The molecular formula is C12H10ClO3P. The maximum absolute atomic E-state index is 12.4. The summed E-state index contributed by atoms with van der Waals surface area (Å²) in [5, 5.41) is 0. The SMILES string of the molecule is [2H]c1c([2H])c([2H])c(OP(=O)(Cl)Oc2c([2H])c([2H])c([2H])c([2H])c2[2H])c([2H])c1[2H]. The Morgan fingerprint density at radius 2 is 1.24 bits per heavy atom. The Labute approximate surface area is 118 Å². The second kappa shape index (κ2) is 5.26. The second-order valence-electron chi connectivity index (χ2n) is 2.52. The first kappa shape index (κ1) is 4.68. The third-order valence-corrected chi connectivity index (χ3v) is 2.57. The minimum Gasteiger partial charge on any atom is -0.405 e. The number of para-hydroxylation sites is 2. The Morgan fingerprint density at radius 1 is 0.882 bits per heavy atom. The number of hydrogen-bond acceptors (Lipinski definition) is 3. The maximum Gasteiger partial charge on any atom is 0.530 e. The molecule has 3 nitrogen and oxygen atoms in total. The average molecular weight is 279 g/mol. The molecule has 0 aliphatic rings. The van der Waals surface area contributed by atoms with Crippen LogP contribution in [0.3, 0.4) is 0 Å². The van der Waals surface area contributed by atoms with E-state index in [1.54, 1.807) is 0 Å². The molecule has 17 heavy (non-hydrogen) atoms. The van der Waals surface area contributed by atoms with Crippen molar-refractivity contribution in [3.05, 3.63) is 60.4 Å². The highest BCUT2D eigenvalue weighted by Gasteiger charge is 2.24. The molecule has 0 saturated heterocycles. The van der Waals surface area contributed by atoms with Crippen molar-refractivity contribution in [2.45, 2.75) is 0 Å². The Balaban J connectivity index is 2.51. The van der Waals surface area contributed by atoms with Crippen LogP contribution in [0.5, 0.6) is 11.5 Å². The van der Waals surface area contributed by atoms with Gasteiger partial charge in [0.2, 0.25) is 0 Å². The van der Waals surface area contributed by atoms with Gasteiger partial charge in [-0.25, -0.2) is 4.57 Å². The monoisotopic (exact) mass is 278 g/mol. The number of benzene rings is 2. The van der Waals surface area contributed by atoms with Gasteiger partial charge in [0.15, 0.2) is 0 Å². The molecule has 0 radical (unpaired) electrons. The van der Waals surface area contributed by atoms with Gasteiger partial charge >= 0.3 is 6.95 Å². The van der Waals surface area contributed by atoms with E-state index in [1.807, 2.05) is 0 Å². The van der Waals surface area contributed by atoms with Crippen molar-refractivity contribution in [3.63, 3.8) is 0 Å². The van der Waals surface area contributed by atoms with Crippen LogP contribution in [0.15, 0.2) is 60.4 Å². The Morgan fingerprint density at radius 3 is 1.59 bits per heavy atom. The lowest BCUT2D eigenvalue weighted by atomic mass is 10.3. The molecule has 0 aliphatic heterocycles. The fourth-order valence-electron chi connectivity index (χ4n) is 0.805. The molecule has 0 aliphatic carbocycles. The molecule has 5 heteroatoms. The summed E-state index contributed by atoms with van der Waals surface area (Å²) in [5.74, 6) is -1.74. The van der Waals surface area contributed by atoms with Gasteiger partial charge in [0.25, 0.3) is 0 Å². The first-order valence-corrected chi connectivity index (χ1v) is 6.57. The van der Waals surface area contributed by atoms with E-state index in [0.717, 1.165) is 0 Å². The third kappa shape index (κ3) is 3.81. The van der Waals surface area contributed by atoms with Crippen molar-refractivity contribution in [2.24, 2.45) is 0 Å². The van der Waals surface area contributed by atoms with E-state index in [0.29, 0.717) is 0 Å². The normalized spacial score (nSPS) is 19.1. The molecule has 2 aromatic carbocycles. The lowest BCUT2D eigenvalue weighted by molar-refractivity contribution is 0.406. The molecule has 88 valence electrons. The number of hydrogen-bond donors (Lipinski definition) is 0. The molecule has 0 spiro atoms. The smallest absolute Gasteiger partial charge is 0.405 e. The van der Waals surface area contributed by atoms with Gasteiger partial charge < -0.3 is 9.05 Å². The standard InChI is InChI=1S/C12H10ClO3P/c13-17(14,15-11-7-3-1-4-8-11)16-12-9-5-2-6-10-12/h1-10H/i1D,2D,3D,4D,5D,6D,7D,8D,9D,10D. The molecule has 2 aromatic rings. The largest absolute Gasteiger partial charge is 0.530 e. The van der Waals surface area contributed by atoms with Gasteiger partial charge in [0, 0.05) is 11.2 Å². The summed E-state index contributed by atoms with van der Waals surface area (Å²) in [6.07, 6.45) is 0. The summed E-state index contributed by atoms with van der Waals surface area (Å²) < 4.78 is 97.7. The zero-order valence-electron chi connectivity index (χ0n) is 18.0. The molecular weight excluding hydrogens is 259 g/mol. The van der Waals surface area contributed by atoms with Crippen molar-refractivity contribution in [3.8, 4) is 11.5 Å². The summed E-state index contributed by atoms with van der Waals surface area (Å²) >= 11 is 5.62. The fourth-order valence-corrected chi connectivity index (χ4v) is 1.88. The van der Waals surface area contributed by atoms with Gasteiger partial charge in [-0.2, -0.15) is 0 Å². The van der Waals surface area contributed by atoms with E-state index in [4.69, 9.17) is 34.0 Å². The lowest BCUT2D eigenvalue weighted by Gasteiger charge is -2.13.